The molecule has 1 aromatic carbocycles. The van der Waals surface area contributed by atoms with Crippen molar-refractivity contribution in [3.8, 4) is 5.75 Å². The van der Waals surface area contributed by atoms with Crippen LogP contribution in [-0.4, -0.2) is 17.0 Å². The van der Waals surface area contributed by atoms with Gasteiger partial charge < -0.3 is 5.11 Å². The van der Waals surface area contributed by atoms with Gasteiger partial charge in [0.1, 0.15) is 5.75 Å². The third-order valence-corrected chi connectivity index (χ3v) is 12.9. The number of rotatable bonds is 3. The van der Waals surface area contributed by atoms with E-state index in [1.807, 2.05) is 19.1 Å². The van der Waals surface area contributed by atoms with Crippen LogP contribution in [0.15, 0.2) is 36.4 Å². The summed E-state index contributed by atoms with van der Waals surface area (Å²) >= 11 is 2.08. The molecule has 0 spiro atoms. The minimum Gasteiger partial charge on any atom is -0.508 e. The van der Waals surface area contributed by atoms with Crippen LogP contribution in [0.1, 0.15) is 100.0 Å². The first-order valence-corrected chi connectivity index (χ1v) is 16.7. The van der Waals surface area contributed by atoms with Crippen LogP contribution < -0.4 is 5.19 Å². The molecule has 0 amide bonds. The molecule has 0 bridgehead atoms. The first-order chi connectivity index (χ1) is 15.4. The molecular formula is C31H53OSiTi. The van der Waals surface area contributed by atoms with Crippen molar-refractivity contribution in [2.45, 2.75) is 119 Å². The minimum absolute atomic E-state index is 0.310. The summed E-state index contributed by atoms with van der Waals surface area (Å²) in [5, 5.41) is 11.3. The number of benzene rings is 1. The molecule has 2 rings (SSSR count). The topological polar surface area (TPSA) is 20.2 Å². The van der Waals surface area contributed by atoms with Crippen molar-refractivity contribution >= 4 is 17.1 Å². The minimum atomic E-state index is -1.50. The van der Waals surface area contributed by atoms with Crippen LogP contribution in [0.5, 0.6) is 5.75 Å². The summed E-state index contributed by atoms with van der Waals surface area (Å²) < 4.78 is 1.42. The molecule has 1 saturated carbocycles. The second-order valence-corrected chi connectivity index (χ2v) is 19.6. The number of phenolic OH excluding ortho intramolecular Hbond substituents is 1. The van der Waals surface area contributed by atoms with Gasteiger partial charge in [0.05, 0.1) is 8.07 Å². The van der Waals surface area contributed by atoms with E-state index in [0.717, 1.165) is 5.56 Å². The molecule has 1 N–H and O–H groups in total. The van der Waals surface area contributed by atoms with Gasteiger partial charge in [-0.2, -0.15) is 6.08 Å². The molecule has 0 aromatic heterocycles. The second-order valence-electron chi connectivity index (χ2n) is 12.7. The van der Waals surface area contributed by atoms with Gasteiger partial charge in [-0.05, 0) is 35.1 Å². The van der Waals surface area contributed by atoms with Gasteiger partial charge in [0.25, 0.3) is 0 Å². The Morgan fingerprint density at radius 2 is 1.50 bits per heavy atom. The first-order valence-electron chi connectivity index (χ1n) is 12.9. The smallest absolute Gasteiger partial charge is 0.115 e. The first kappa shape index (κ1) is 33.3. The Bertz CT molecular complexity index is 789. The van der Waals surface area contributed by atoms with Gasteiger partial charge >= 0.3 is 37.6 Å². The Labute approximate surface area is 225 Å². The van der Waals surface area contributed by atoms with Crippen molar-refractivity contribution in [1.82, 2.24) is 0 Å². The zero-order chi connectivity index (χ0) is 26.8. The summed E-state index contributed by atoms with van der Waals surface area (Å²) in [7, 11) is -1.50. The predicted octanol–water partition coefficient (Wildman–Crippen LogP) is 9.08. The molecule has 1 aliphatic rings. The molecule has 0 saturated heterocycles. The van der Waals surface area contributed by atoms with E-state index >= 15 is 0 Å². The number of aromatic hydroxyl groups is 1. The molecule has 0 atom stereocenters. The largest absolute Gasteiger partial charge is 0.508 e. The average molecular weight is 518 g/mol. The zero-order valence-electron chi connectivity index (χ0n) is 24.4. The fourth-order valence-electron chi connectivity index (χ4n) is 4.13. The molecule has 0 aliphatic heterocycles. The summed E-state index contributed by atoms with van der Waals surface area (Å²) in [6.45, 7) is 26.9. The van der Waals surface area contributed by atoms with Crippen molar-refractivity contribution in [1.29, 1.82) is 0 Å². The molecule has 34 heavy (non-hydrogen) atoms. The Morgan fingerprint density at radius 1 is 1.00 bits per heavy atom. The monoisotopic (exact) mass is 517 g/mol. The van der Waals surface area contributed by atoms with E-state index in [-0.39, 0.29) is 0 Å². The van der Waals surface area contributed by atoms with E-state index in [1.54, 1.807) is 0 Å². The van der Waals surface area contributed by atoms with E-state index < -0.39 is 8.07 Å². The van der Waals surface area contributed by atoms with Crippen LogP contribution in [0, 0.1) is 23.8 Å². The quantitative estimate of drug-likeness (QED) is 0.241. The number of hydrogen-bond acceptors (Lipinski definition) is 1. The number of aryl methyl sites for hydroxylation is 1. The third kappa shape index (κ3) is 10.9. The molecule has 1 nitrogen and oxygen atoms in total. The zero-order valence-corrected chi connectivity index (χ0v) is 27.0. The van der Waals surface area contributed by atoms with E-state index in [9.17, 15) is 5.11 Å². The summed E-state index contributed by atoms with van der Waals surface area (Å²) in [6.07, 6.45) is 16.7. The molecule has 1 aliphatic carbocycles. The van der Waals surface area contributed by atoms with Crippen molar-refractivity contribution in [2.24, 2.45) is 10.8 Å². The van der Waals surface area contributed by atoms with Gasteiger partial charge in [-0.25, -0.2) is 12.2 Å². The van der Waals surface area contributed by atoms with E-state index in [4.69, 9.17) is 0 Å². The van der Waals surface area contributed by atoms with Crippen LogP contribution in [0.3, 0.4) is 0 Å². The van der Waals surface area contributed by atoms with Gasteiger partial charge in [-0.1, -0.05) is 110 Å². The van der Waals surface area contributed by atoms with Gasteiger partial charge in [-0.3, -0.25) is 6.08 Å². The molecule has 191 valence electrons. The third-order valence-electron chi connectivity index (χ3n) is 7.45. The molecule has 0 heterocycles. The average Bonchev–Trinajstić information content (AvgIpc) is 2.66. The summed E-state index contributed by atoms with van der Waals surface area (Å²) in [5.41, 5.74) is 1.80. The summed E-state index contributed by atoms with van der Waals surface area (Å²) in [4.78, 5) is 0. The van der Waals surface area contributed by atoms with Crippen LogP contribution in [0.25, 0.3) is 0 Å². The Morgan fingerprint density at radius 3 is 1.88 bits per heavy atom. The molecule has 3 heteroatoms. The SMILES string of the molecule is CC=CC=[C-]C1(C(C)(C)C)CCCCC1.C[C](C)=[Ti+].Cc1cc(O)cc([Si](C)(C)C(C)(C)C)c1. The van der Waals surface area contributed by atoms with Crippen LogP contribution in [-0.2, 0) is 20.0 Å². The van der Waals surface area contributed by atoms with Gasteiger partial charge in [0, 0.05) is 0 Å². The van der Waals surface area contributed by atoms with Crippen LogP contribution in [0.2, 0.25) is 18.1 Å². The Balaban J connectivity index is 0.000000554. The van der Waals surface area contributed by atoms with Crippen LogP contribution >= 0.6 is 0 Å². The Kier molecular flexibility index (Phi) is 13.9. The Hall–Kier alpha value is -0.699. The van der Waals surface area contributed by atoms with Gasteiger partial charge in [0.2, 0.25) is 0 Å². The van der Waals surface area contributed by atoms with Crippen molar-refractivity contribution in [2.75, 3.05) is 0 Å². The maximum Gasteiger partial charge on any atom is 0.115 e. The number of hydrogen-bond donors (Lipinski definition) is 1. The van der Waals surface area contributed by atoms with Crippen LogP contribution in [0.4, 0.5) is 0 Å². The molecule has 1 fully saturated rings. The molecular weight excluding hydrogens is 464 g/mol. The maximum absolute atomic E-state index is 9.65. The van der Waals surface area contributed by atoms with Gasteiger partial charge in [0.15, 0.2) is 0 Å². The van der Waals surface area contributed by atoms with Gasteiger partial charge in [-0.15, -0.1) is 0 Å². The molecule has 0 unspecified atom stereocenters. The fraction of sp³-hybridized carbons (Fsp3) is 0.645. The fourth-order valence-corrected chi connectivity index (χ4v) is 6.09. The van der Waals surface area contributed by atoms with Crippen molar-refractivity contribution in [3.63, 3.8) is 0 Å². The van der Waals surface area contributed by atoms with E-state index in [0.29, 0.717) is 21.6 Å². The standard InChI is InChI=1S/C15H25.C13H22OSi.C3H6.Ti/c1-5-6-8-11-15(14(2,3)4)12-9-7-10-13-15;1-10-7-11(14)9-12(8-10)15(5,6)13(2,3)4;1-3-2;/h5-6,8H,7,9-10,12-13H2,1-4H3;7-9,14H,1-6H3;1-2H3;/q-1;;;+1. The van der Waals surface area contributed by atoms with E-state index in [2.05, 4.69) is 126 Å². The predicted molar refractivity (Wildman–Crippen MR) is 154 cm³/mol. The number of allylic oxidation sites excluding steroid dienone is 4. The van der Waals surface area contributed by atoms with E-state index in [1.165, 1.54) is 41.1 Å². The van der Waals surface area contributed by atoms with Crippen molar-refractivity contribution in [3.05, 3.63) is 48.1 Å². The number of phenols is 1. The second kappa shape index (κ2) is 14.1. The maximum atomic E-state index is 9.65. The summed E-state index contributed by atoms with van der Waals surface area (Å²) in [5.74, 6) is 0.398. The normalized spacial score (nSPS) is 16.5. The molecule has 1 aromatic rings. The summed E-state index contributed by atoms with van der Waals surface area (Å²) in [6, 6.07) is 5.97. The van der Waals surface area contributed by atoms with Crippen molar-refractivity contribution < 1.29 is 25.1 Å². The molecule has 0 radical (unpaired) electrons.